The van der Waals surface area contributed by atoms with Crippen LogP contribution in [-0.4, -0.2) is 36.7 Å². The first-order valence-corrected chi connectivity index (χ1v) is 20.4. The summed E-state index contributed by atoms with van der Waals surface area (Å²) in [5.41, 5.74) is 9.60. The molecule has 4 N–H and O–H groups in total. The smallest absolute Gasteiger partial charge is 0.505 e. The van der Waals surface area contributed by atoms with E-state index in [1.165, 1.54) is 30.4 Å². The molecule has 3 aliphatic carbocycles. The molecule has 0 aromatic heterocycles. The molecule has 0 unspecified atom stereocenters. The summed E-state index contributed by atoms with van der Waals surface area (Å²) in [6, 6.07) is 28.1. The van der Waals surface area contributed by atoms with Crippen molar-refractivity contribution in [3.63, 3.8) is 0 Å². The van der Waals surface area contributed by atoms with Crippen molar-refractivity contribution in [3.8, 4) is 17.2 Å². The minimum atomic E-state index is -3.98. The fraction of sp³-hybridized carbons (Fsp3) is 0.395. The highest BCUT2D eigenvalue weighted by atomic mass is 31.2. The van der Waals surface area contributed by atoms with Crippen molar-refractivity contribution in [2.75, 3.05) is 19.0 Å². The number of carbonyl (C=O) groups excluding carboxylic acids is 2. The van der Waals surface area contributed by atoms with E-state index in [1.54, 1.807) is 0 Å². The molecule has 0 heterocycles. The van der Waals surface area contributed by atoms with Gasteiger partial charge in [0.05, 0.1) is 45.1 Å². The van der Waals surface area contributed by atoms with Crippen LogP contribution in [0, 0.1) is 17.3 Å². The van der Waals surface area contributed by atoms with Crippen molar-refractivity contribution < 1.29 is 42.3 Å². The lowest BCUT2D eigenvalue weighted by molar-refractivity contribution is -0.119. The van der Waals surface area contributed by atoms with Gasteiger partial charge in [-0.25, -0.2) is 4.57 Å². The Morgan fingerprint density at radius 2 is 1.60 bits per heavy atom. The minimum absolute atomic E-state index is 0.00165. The van der Waals surface area contributed by atoms with E-state index in [0.717, 1.165) is 49.7 Å². The standard InChI is InChI=1S/C43H49N2O9P/c1-43-23-21-33-32-16-14-31(54-55(49,52-26-28-9-5-3-6-10-28)53-27-29-11-7-4-8-12-29)25-30(32)13-15-34(33)35(43)17-20-38(43)51-24-22-39(46)45-36-18-19-37(50-2)40(41(36)47)42(44)48/h3-12,14,16,18-19,25,33-35,38,47H,13,15,17,20-24,26-27H2,1-2H3,(H2,44,48)(H,45,46)/t33-,34-,35+,38+,43+/m1/s1. The number of methoxy groups -OCH3 is 1. The second-order valence-electron chi connectivity index (χ2n) is 15.0. The quantitative estimate of drug-likeness (QED) is 0.0796. The normalized spacial score (nSPS) is 22.9. The molecule has 12 heteroatoms. The van der Waals surface area contributed by atoms with Gasteiger partial charge in [-0.15, -0.1) is 0 Å². The second kappa shape index (κ2) is 16.6. The summed E-state index contributed by atoms with van der Waals surface area (Å²) in [5, 5.41) is 13.2. The number of anilines is 1. The van der Waals surface area contributed by atoms with E-state index in [2.05, 4.69) is 18.3 Å². The van der Waals surface area contributed by atoms with Crippen LogP contribution >= 0.6 is 7.82 Å². The van der Waals surface area contributed by atoms with Gasteiger partial charge < -0.3 is 30.2 Å². The van der Waals surface area contributed by atoms with Gasteiger partial charge in [-0.3, -0.25) is 18.6 Å². The first-order chi connectivity index (χ1) is 26.6. The predicted octanol–water partition coefficient (Wildman–Crippen LogP) is 8.69. The predicted molar refractivity (Wildman–Crippen MR) is 208 cm³/mol. The van der Waals surface area contributed by atoms with Crippen LogP contribution in [0.2, 0.25) is 0 Å². The highest BCUT2D eigenvalue weighted by Crippen LogP contribution is 2.62. The zero-order chi connectivity index (χ0) is 38.6. The van der Waals surface area contributed by atoms with Crippen molar-refractivity contribution in [2.24, 2.45) is 23.0 Å². The minimum Gasteiger partial charge on any atom is -0.505 e. The van der Waals surface area contributed by atoms with E-state index in [9.17, 15) is 19.3 Å². The van der Waals surface area contributed by atoms with Gasteiger partial charge in [0.2, 0.25) is 5.91 Å². The van der Waals surface area contributed by atoms with Crippen LogP contribution in [0.5, 0.6) is 17.2 Å². The summed E-state index contributed by atoms with van der Waals surface area (Å²) < 4.78 is 43.5. The van der Waals surface area contributed by atoms with E-state index < -0.39 is 19.5 Å². The molecule has 3 aliphatic rings. The van der Waals surface area contributed by atoms with Crippen LogP contribution in [0.1, 0.15) is 84.0 Å². The van der Waals surface area contributed by atoms with Crippen molar-refractivity contribution in [1.82, 2.24) is 0 Å². The summed E-state index contributed by atoms with van der Waals surface area (Å²) in [4.78, 5) is 24.7. The van der Waals surface area contributed by atoms with Crippen molar-refractivity contribution in [1.29, 1.82) is 0 Å². The Morgan fingerprint density at radius 1 is 0.909 bits per heavy atom. The third-order valence-corrected chi connectivity index (χ3v) is 13.1. The number of phenols is 1. The lowest BCUT2D eigenvalue weighted by atomic mass is 9.55. The Morgan fingerprint density at radius 3 is 2.25 bits per heavy atom. The molecule has 0 aliphatic heterocycles. The lowest BCUT2D eigenvalue weighted by Gasteiger charge is -2.50. The number of aromatic hydroxyl groups is 1. The van der Waals surface area contributed by atoms with Crippen LogP contribution in [-0.2, 0) is 42.8 Å². The van der Waals surface area contributed by atoms with E-state index in [1.807, 2.05) is 72.8 Å². The maximum absolute atomic E-state index is 14.1. The Hall–Kier alpha value is -4.67. The maximum atomic E-state index is 14.1. The summed E-state index contributed by atoms with van der Waals surface area (Å²) >= 11 is 0. The SMILES string of the molecule is COc1ccc(NC(=O)CCO[C@H]2CC[C@H]3[C@@H]4CCc5cc(OP(=O)(OCc6ccccc6)OCc6ccccc6)ccc5[C@H]4CC[C@]23C)c(O)c1C(N)=O. The molecule has 0 bridgehead atoms. The first kappa shape index (κ1) is 38.6. The Labute approximate surface area is 322 Å². The number of benzene rings is 4. The second-order valence-corrected chi connectivity index (χ2v) is 16.6. The van der Waals surface area contributed by atoms with E-state index in [4.69, 9.17) is 28.8 Å². The Kier molecular flexibility index (Phi) is 11.6. The van der Waals surface area contributed by atoms with Gasteiger partial charge in [-0.1, -0.05) is 73.7 Å². The van der Waals surface area contributed by atoms with Gasteiger partial charge >= 0.3 is 7.82 Å². The molecule has 2 saturated carbocycles. The zero-order valence-corrected chi connectivity index (χ0v) is 32.2. The fourth-order valence-corrected chi connectivity index (χ4v) is 10.3. The number of primary amides is 1. The average molecular weight is 769 g/mol. The van der Waals surface area contributed by atoms with Crippen LogP contribution in [0.15, 0.2) is 91.0 Å². The van der Waals surface area contributed by atoms with Crippen LogP contribution in [0.3, 0.4) is 0 Å². The molecule has 4 aromatic carbocycles. The molecule has 290 valence electrons. The highest BCUT2D eigenvalue weighted by molar-refractivity contribution is 7.48. The monoisotopic (exact) mass is 768 g/mol. The molecule has 5 atom stereocenters. The summed E-state index contributed by atoms with van der Waals surface area (Å²) in [5.74, 6) is 0.398. The maximum Gasteiger partial charge on any atom is 0.530 e. The largest absolute Gasteiger partial charge is 0.530 e. The molecule has 7 rings (SSSR count). The number of carbonyl (C=O) groups is 2. The van der Waals surface area contributed by atoms with Gasteiger partial charge in [0.15, 0.2) is 5.75 Å². The highest BCUT2D eigenvalue weighted by Gasteiger charge is 2.55. The topological polar surface area (TPSA) is 156 Å². The van der Waals surface area contributed by atoms with Crippen molar-refractivity contribution in [2.45, 2.75) is 77.1 Å². The van der Waals surface area contributed by atoms with Crippen LogP contribution in [0.25, 0.3) is 0 Å². The number of nitrogens with two attached hydrogens (primary N) is 1. The van der Waals surface area contributed by atoms with Crippen LogP contribution in [0.4, 0.5) is 5.69 Å². The molecule has 55 heavy (non-hydrogen) atoms. The lowest BCUT2D eigenvalue weighted by Crippen LogP contribution is -2.44. The Balaban J connectivity index is 0.968. The Bertz CT molecular complexity index is 2000. The number of hydrogen-bond acceptors (Lipinski definition) is 9. The number of aryl methyl sites for hydroxylation is 1. The van der Waals surface area contributed by atoms with Gasteiger partial charge in [0, 0.05) is 0 Å². The van der Waals surface area contributed by atoms with Gasteiger partial charge in [-0.2, -0.15) is 0 Å². The van der Waals surface area contributed by atoms with Gasteiger partial charge in [0.25, 0.3) is 5.91 Å². The number of phosphoric ester groups is 1. The summed E-state index contributed by atoms with van der Waals surface area (Å²) in [6.07, 6.45) is 6.13. The number of ether oxygens (including phenoxy) is 2. The van der Waals surface area contributed by atoms with Crippen LogP contribution < -0.4 is 20.3 Å². The molecule has 11 nitrogen and oxygen atoms in total. The number of phosphoric acid groups is 1. The molecule has 4 aromatic rings. The number of hydrogen-bond donors (Lipinski definition) is 3. The first-order valence-electron chi connectivity index (χ1n) is 19.0. The zero-order valence-electron chi connectivity index (χ0n) is 31.3. The van der Waals surface area contributed by atoms with Gasteiger partial charge in [0.1, 0.15) is 17.1 Å². The summed E-state index contributed by atoms with van der Waals surface area (Å²) in [7, 11) is -2.62. The molecule has 2 fully saturated rings. The third kappa shape index (κ3) is 8.45. The van der Waals surface area contributed by atoms with E-state index in [0.29, 0.717) is 23.5 Å². The molecule has 0 spiro atoms. The number of nitrogens with one attached hydrogen (secondary N) is 1. The van der Waals surface area contributed by atoms with E-state index in [-0.39, 0.29) is 60.7 Å². The number of fused-ring (bicyclic) bond motifs is 5. The average Bonchev–Trinajstić information content (AvgIpc) is 3.53. The molecule has 0 radical (unpaired) electrons. The molecular weight excluding hydrogens is 719 g/mol. The van der Waals surface area contributed by atoms with Crippen molar-refractivity contribution in [3.05, 3.63) is 119 Å². The number of amides is 2. The number of rotatable bonds is 15. The molecular formula is C43H49N2O9P. The molecule has 0 saturated heterocycles. The third-order valence-electron chi connectivity index (χ3n) is 11.8. The fourth-order valence-electron chi connectivity index (χ4n) is 9.10. The van der Waals surface area contributed by atoms with Crippen molar-refractivity contribution >= 4 is 25.3 Å². The van der Waals surface area contributed by atoms with E-state index >= 15 is 0 Å². The van der Waals surface area contributed by atoms with Gasteiger partial charge in [-0.05, 0) is 108 Å². The molecule has 2 amide bonds. The summed E-state index contributed by atoms with van der Waals surface area (Å²) in [6.45, 7) is 2.77.